The number of aromatic nitrogens is 2. The zero-order chi connectivity index (χ0) is 21.5. The van der Waals surface area contributed by atoms with E-state index in [9.17, 15) is 0 Å². The van der Waals surface area contributed by atoms with E-state index >= 15 is 0 Å². The van der Waals surface area contributed by atoms with E-state index in [-0.39, 0.29) is 0 Å². The fraction of sp³-hybridized carbons (Fsp3) is 0.304. The van der Waals surface area contributed by atoms with Crippen LogP contribution >= 0.6 is 0 Å². The minimum absolute atomic E-state index is 0.709. The van der Waals surface area contributed by atoms with Crippen molar-refractivity contribution in [3.63, 3.8) is 0 Å². The Morgan fingerprint density at radius 3 is 2.52 bits per heavy atom. The molecule has 0 bridgehead atoms. The highest BCUT2D eigenvalue weighted by molar-refractivity contribution is 5.79. The number of benzene rings is 2. The van der Waals surface area contributed by atoms with Crippen LogP contribution in [0, 0.1) is 0 Å². The number of carbonyl (C=O) groups excluding carboxylic acids is 1. The van der Waals surface area contributed by atoms with E-state index in [1.807, 2.05) is 44.0 Å². The van der Waals surface area contributed by atoms with Crippen molar-refractivity contribution >= 4 is 23.9 Å². The van der Waals surface area contributed by atoms with Gasteiger partial charge >= 0.3 is 0 Å². The molecule has 3 rings (SSSR count). The summed E-state index contributed by atoms with van der Waals surface area (Å²) in [6.07, 6.45) is 6.05. The lowest BCUT2D eigenvalue weighted by Crippen LogP contribution is -2.05. The summed E-state index contributed by atoms with van der Waals surface area (Å²) in [5.41, 5.74) is 5.24. The highest BCUT2D eigenvalue weighted by Gasteiger charge is 2.09. The molecule has 0 atom stereocenters. The summed E-state index contributed by atoms with van der Waals surface area (Å²) in [7, 11) is 1.43. The molecule has 1 aromatic heterocycles. The van der Waals surface area contributed by atoms with Crippen molar-refractivity contribution in [2.75, 3.05) is 13.7 Å². The summed E-state index contributed by atoms with van der Waals surface area (Å²) in [6.45, 7) is 7.85. The lowest BCUT2D eigenvalue weighted by molar-refractivity contribution is -0.0979. The topological polar surface area (TPSA) is 76.4 Å². The number of aryl methyl sites for hydroxylation is 2. The number of fused-ring (bicyclic) bond motifs is 1. The van der Waals surface area contributed by atoms with Crippen molar-refractivity contribution in [2.24, 2.45) is 0 Å². The van der Waals surface area contributed by atoms with Crippen LogP contribution in [-0.2, 0) is 17.8 Å². The Kier molecular flexibility index (Phi) is 11.7. The molecule has 0 saturated carbocycles. The number of rotatable bonds is 7. The molecule has 0 aliphatic carbocycles. The van der Waals surface area contributed by atoms with Gasteiger partial charge in [0.2, 0.25) is 0 Å². The highest BCUT2D eigenvalue weighted by atomic mass is 16.5. The maximum absolute atomic E-state index is 8.00. The summed E-state index contributed by atoms with van der Waals surface area (Å²) in [5.74, 6) is 2.07. The highest BCUT2D eigenvalue weighted by Crippen LogP contribution is 2.20. The smallest absolute Gasteiger partial charge is 0.119 e. The largest absolute Gasteiger partial charge is 0.494 e. The Bertz CT molecular complexity index is 860. The minimum atomic E-state index is 0.709. The number of nitrogens with one attached hydrogen (secondary N) is 1. The number of hydrogen-bond donors (Lipinski definition) is 2. The predicted molar refractivity (Wildman–Crippen MR) is 118 cm³/mol. The Morgan fingerprint density at radius 2 is 1.90 bits per heavy atom. The van der Waals surface area contributed by atoms with Crippen LogP contribution in [0.3, 0.4) is 0 Å². The number of nitrogens with zero attached hydrogens (tertiary/aromatic N) is 2. The number of allylic oxidation sites excluding steroid dienone is 1. The second-order valence-electron chi connectivity index (χ2n) is 6.01. The van der Waals surface area contributed by atoms with Crippen molar-refractivity contribution in [2.45, 2.75) is 33.2 Å². The van der Waals surface area contributed by atoms with E-state index in [4.69, 9.17) is 19.7 Å². The molecule has 0 aliphatic rings. The Balaban J connectivity index is 0.000000771. The van der Waals surface area contributed by atoms with Gasteiger partial charge in [-0.05, 0) is 50.1 Å². The first kappa shape index (κ1) is 24.1. The predicted octanol–water partition coefficient (Wildman–Crippen LogP) is 4.51. The molecule has 1 heterocycles. The van der Waals surface area contributed by atoms with Gasteiger partial charge in [-0.2, -0.15) is 0 Å². The summed E-state index contributed by atoms with van der Waals surface area (Å²) >= 11 is 0. The molecule has 3 aromatic rings. The summed E-state index contributed by atoms with van der Waals surface area (Å²) in [4.78, 5) is 12.8. The van der Waals surface area contributed by atoms with E-state index in [0.29, 0.717) is 6.61 Å². The number of hydroxylamine groups is 1. The fourth-order valence-electron chi connectivity index (χ4n) is 2.97. The van der Waals surface area contributed by atoms with Gasteiger partial charge in [-0.3, -0.25) is 0 Å². The maximum Gasteiger partial charge on any atom is 0.119 e. The van der Waals surface area contributed by atoms with Crippen LogP contribution in [0.15, 0.2) is 54.6 Å². The van der Waals surface area contributed by atoms with Crippen LogP contribution in [-0.4, -0.2) is 35.2 Å². The third-order valence-corrected chi connectivity index (χ3v) is 4.08. The second kappa shape index (κ2) is 14.1. The number of para-hydroxylation sites is 1. The quantitative estimate of drug-likeness (QED) is 0.453. The molecule has 0 unspecified atom stereocenters. The molecule has 0 radical (unpaired) electrons. The summed E-state index contributed by atoms with van der Waals surface area (Å²) < 4.78 is 8.08. The molecular formula is C23H31N3O3. The molecular weight excluding hydrogens is 366 g/mol. The molecule has 2 aromatic carbocycles. The Labute approximate surface area is 172 Å². The first-order valence-corrected chi connectivity index (χ1v) is 9.62. The van der Waals surface area contributed by atoms with Gasteiger partial charge in [-0.1, -0.05) is 36.4 Å². The number of carbonyl (C=O) groups is 1. The average Bonchev–Trinajstić information content (AvgIpc) is 3.11. The van der Waals surface area contributed by atoms with E-state index < -0.39 is 0 Å². The van der Waals surface area contributed by atoms with Crippen molar-refractivity contribution in [1.82, 2.24) is 15.0 Å². The zero-order valence-corrected chi connectivity index (χ0v) is 17.5. The van der Waals surface area contributed by atoms with Crippen molar-refractivity contribution in [3.8, 4) is 5.75 Å². The first-order valence-electron chi connectivity index (χ1n) is 9.62. The number of ether oxygens (including phenoxy) is 1. The summed E-state index contributed by atoms with van der Waals surface area (Å²) in [6, 6.07) is 16.4. The lowest BCUT2D eigenvalue weighted by Gasteiger charge is -2.07. The monoisotopic (exact) mass is 397 g/mol. The molecule has 0 spiro atoms. The normalized spacial score (nSPS) is 10.2. The van der Waals surface area contributed by atoms with Gasteiger partial charge in [-0.15, -0.1) is 0 Å². The molecule has 6 nitrogen and oxygen atoms in total. The fourth-order valence-corrected chi connectivity index (χ4v) is 2.97. The molecule has 0 amide bonds. The maximum atomic E-state index is 8.00. The second-order valence-corrected chi connectivity index (χ2v) is 6.01. The van der Waals surface area contributed by atoms with Gasteiger partial charge in [0, 0.05) is 20.0 Å². The van der Waals surface area contributed by atoms with Crippen LogP contribution in [0.1, 0.15) is 31.7 Å². The summed E-state index contributed by atoms with van der Waals surface area (Å²) in [5, 5.41) is 7.32. The van der Waals surface area contributed by atoms with Gasteiger partial charge in [0.25, 0.3) is 0 Å². The van der Waals surface area contributed by atoms with Crippen molar-refractivity contribution in [1.29, 1.82) is 0 Å². The van der Waals surface area contributed by atoms with Gasteiger partial charge in [0.1, 0.15) is 18.4 Å². The molecule has 0 saturated heterocycles. The zero-order valence-electron chi connectivity index (χ0n) is 17.5. The van der Waals surface area contributed by atoms with E-state index in [1.165, 1.54) is 18.1 Å². The van der Waals surface area contributed by atoms with E-state index in [0.717, 1.165) is 36.5 Å². The molecule has 156 valence electrons. The minimum Gasteiger partial charge on any atom is -0.494 e. The molecule has 0 aliphatic heterocycles. The molecule has 0 fully saturated rings. The van der Waals surface area contributed by atoms with Gasteiger partial charge in [0.15, 0.2) is 0 Å². The SMILES string of the molecule is C/C=C/c1ccc2c(c1)nc(CCCOc1ccccc1)n2CC.C=O.CNO. The first-order chi connectivity index (χ1) is 14.2. The molecule has 29 heavy (non-hydrogen) atoms. The Hall–Kier alpha value is -2.96. The van der Waals surface area contributed by atoms with Gasteiger partial charge in [-0.25, -0.2) is 10.5 Å². The average molecular weight is 398 g/mol. The van der Waals surface area contributed by atoms with Crippen LogP contribution in [0.4, 0.5) is 0 Å². The van der Waals surface area contributed by atoms with Crippen molar-refractivity contribution in [3.05, 3.63) is 66.0 Å². The third kappa shape index (κ3) is 7.52. The Morgan fingerprint density at radius 1 is 1.21 bits per heavy atom. The number of hydrogen-bond acceptors (Lipinski definition) is 5. The van der Waals surface area contributed by atoms with Gasteiger partial charge in [0.05, 0.1) is 17.6 Å². The molecule has 6 heteroatoms. The standard InChI is InChI=1S/C21H24N2O.CH5NO.CH2O/c1-3-9-17-13-14-20-19(16-17)22-21(23(20)4-2)12-8-15-24-18-10-6-5-7-11-18;1-2-3;1-2/h3,5-7,9-11,13-14,16H,4,8,12,15H2,1-2H3;2-3H,1H3;1H2/b9-3+;;. The van der Waals surface area contributed by atoms with E-state index in [1.54, 1.807) is 5.48 Å². The van der Waals surface area contributed by atoms with Crippen LogP contribution in [0.5, 0.6) is 5.75 Å². The van der Waals surface area contributed by atoms with E-state index in [2.05, 4.69) is 41.8 Å². The van der Waals surface area contributed by atoms with Crippen LogP contribution < -0.4 is 10.2 Å². The van der Waals surface area contributed by atoms with Crippen molar-refractivity contribution < 1.29 is 14.7 Å². The molecule has 2 N–H and O–H groups in total. The third-order valence-electron chi connectivity index (χ3n) is 4.08. The number of imidazole rings is 1. The van der Waals surface area contributed by atoms with Gasteiger partial charge < -0.3 is 19.3 Å². The van der Waals surface area contributed by atoms with Crippen LogP contribution in [0.2, 0.25) is 0 Å². The van der Waals surface area contributed by atoms with Crippen LogP contribution in [0.25, 0.3) is 17.1 Å². The lowest BCUT2D eigenvalue weighted by atomic mass is 10.2.